The normalized spacial score (nSPS) is 18.1. The van der Waals surface area contributed by atoms with Crippen LogP contribution in [0, 0.1) is 15.5 Å². The lowest BCUT2D eigenvalue weighted by Crippen LogP contribution is -2.38. The number of alkyl halides is 1. The number of nitro groups is 1. The molecular weight excluding hydrogens is 276 g/mol. The van der Waals surface area contributed by atoms with Crippen molar-refractivity contribution in [2.75, 3.05) is 18.0 Å². The summed E-state index contributed by atoms with van der Waals surface area (Å²) in [7, 11) is 0. The largest absolute Gasteiger partial charge is 0.366 e. The van der Waals surface area contributed by atoms with Crippen molar-refractivity contribution in [3.63, 3.8) is 0 Å². The lowest BCUT2D eigenvalue weighted by Gasteiger charge is -2.39. The molecule has 0 bridgehead atoms. The third kappa shape index (κ3) is 3.06. The zero-order valence-electron chi connectivity index (χ0n) is 12.1. The van der Waals surface area contributed by atoms with Gasteiger partial charge in [0.25, 0.3) is 5.69 Å². The molecule has 1 aliphatic rings. The van der Waals surface area contributed by atoms with Crippen LogP contribution in [0.1, 0.15) is 38.7 Å². The second kappa shape index (κ2) is 6.00. The number of benzene rings is 1. The van der Waals surface area contributed by atoms with Crippen LogP contribution < -0.4 is 4.90 Å². The molecule has 110 valence electrons. The Bertz CT molecular complexity index is 497. The van der Waals surface area contributed by atoms with Crippen molar-refractivity contribution in [2.45, 2.75) is 39.0 Å². The standard InChI is InChI=1S/C15H21ClN2O2/c1-3-15(2)6-8-17(9-7-15)13-5-4-12(11-16)10-14(13)18(19)20/h4-5,10H,3,6-9,11H2,1-2H3. The van der Waals surface area contributed by atoms with E-state index in [1.54, 1.807) is 6.07 Å². The van der Waals surface area contributed by atoms with E-state index in [9.17, 15) is 10.1 Å². The van der Waals surface area contributed by atoms with Crippen molar-refractivity contribution in [2.24, 2.45) is 5.41 Å². The molecule has 1 fully saturated rings. The fourth-order valence-electron chi connectivity index (χ4n) is 2.71. The zero-order valence-corrected chi connectivity index (χ0v) is 12.8. The monoisotopic (exact) mass is 296 g/mol. The SMILES string of the molecule is CCC1(C)CCN(c2ccc(CCl)cc2[N+](=O)[O-])CC1. The molecule has 1 heterocycles. The Morgan fingerprint density at radius 1 is 1.40 bits per heavy atom. The summed E-state index contributed by atoms with van der Waals surface area (Å²) >= 11 is 5.76. The third-order valence-corrected chi connectivity index (χ3v) is 4.86. The molecule has 2 rings (SSSR count). The Balaban J connectivity index is 2.23. The molecule has 0 amide bonds. The van der Waals surface area contributed by atoms with Crippen LogP contribution in [0.5, 0.6) is 0 Å². The highest BCUT2D eigenvalue weighted by Gasteiger charge is 2.30. The first-order valence-electron chi connectivity index (χ1n) is 7.07. The maximum absolute atomic E-state index is 11.3. The number of anilines is 1. The highest BCUT2D eigenvalue weighted by Crippen LogP contribution is 2.38. The number of nitrogens with zero attached hydrogens (tertiary/aromatic N) is 2. The predicted molar refractivity (Wildman–Crippen MR) is 82.5 cm³/mol. The molecule has 1 saturated heterocycles. The number of hydrogen-bond donors (Lipinski definition) is 0. The van der Waals surface area contributed by atoms with E-state index in [1.165, 1.54) is 0 Å². The Hall–Kier alpha value is -1.29. The van der Waals surface area contributed by atoms with Gasteiger partial charge in [-0.15, -0.1) is 11.6 Å². The van der Waals surface area contributed by atoms with Gasteiger partial charge in [0.2, 0.25) is 0 Å². The van der Waals surface area contributed by atoms with Crippen LogP contribution in [0.4, 0.5) is 11.4 Å². The minimum Gasteiger partial charge on any atom is -0.366 e. The second-order valence-corrected chi connectivity index (χ2v) is 6.13. The minimum atomic E-state index is -0.307. The lowest BCUT2D eigenvalue weighted by molar-refractivity contribution is -0.384. The van der Waals surface area contributed by atoms with E-state index in [1.807, 2.05) is 12.1 Å². The van der Waals surface area contributed by atoms with E-state index >= 15 is 0 Å². The van der Waals surface area contributed by atoms with Crippen LogP contribution in [0.15, 0.2) is 18.2 Å². The summed E-state index contributed by atoms with van der Waals surface area (Å²) in [6, 6.07) is 5.31. The van der Waals surface area contributed by atoms with Crippen LogP contribution in [-0.2, 0) is 5.88 Å². The van der Waals surface area contributed by atoms with Crippen LogP contribution in [0.3, 0.4) is 0 Å². The van der Waals surface area contributed by atoms with Crippen LogP contribution in [-0.4, -0.2) is 18.0 Å². The van der Waals surface area contributed by atoms with Gasteiger partial charge in [-0.3, -0.25) is 10.1 Å². The molecule has 0 saturated carbocycles. The van der Waals surface area contributed by atoms with Crippen LogP contribution in [0.2, 0.25) is 0 Å². The van der Waals surface area contributed by atoms with Gasteiger partial charge >= 0.3 is 0 Å². The Morgan fingerprint density at radius 3 is 2.55 bits per heavy atom. The minimum absolute atomic E-state index is 0.170. The van der Waals surface area contributed by atoms with E-state index in [2.05, 4.69) is 18.7 Å². The molecule has 4 nitrogen and oxygen atoms in total. The highest BCUT2D eigenvalue weighted by molar-refractivity contribution is 6.17. The van der Waals surface area contributed by atoms with Gasteiger partial charge in [0.15, 0.2) is 0 Å². The molecule has 1 aliphatic heterocycles. The number of halogens is 1. The van der Waals surface area contributed by atoms with Crippen LogP contribution in [0.25, 0.3) is 0 Å². The van der Waals surface area contributed by atoms with Crippen molar-refractivity contribution < 1.29 is 4.92 Å². The zero-order chi connectivity index (χ0) is 14.8. The average molecular weight is 297 g/mol. The van der Waals surface area contributed by atoms with Gasteiger partial charge in [0, 0.05) is 25.0 Å². The first-order chi connectivity index (χ1) is 9.49. The molecule has 0 unspecified atom stereocenters. The van der Waals surface area contributed by atoms with Crippen molar-refractivity contribution in [1.82, 2.24) is 0 Å². The summed E-state index contributed by atoms with van der Waals surface area (Å²) in [5, 5.41) is 11.3. The quantitative estimate of drug-likeness (QED) is 0.471. The molecule has 1 aromatic rings. The summed E-state index contributed by atoms with van der Waals surface area (Å²) in [6.07, 6.45) is 3.32. The van der Waals surface area contributed by atoms with Gasteiger partial charge in [0.05, 0.1) is 4.92 Å². The average Bonchev–Trinajstić information content (AvgIpc) is 2.47. The van der Waals surface area contributed by atoms with E-state index in [-0.39, 0.29) is 10.6 Å². The summed E-state index contributed by atoms with van der Waals surface area (Å²) in [4.78, 5) is 13.1. The van der Waals surface area contributed by atoms with Crippen molar-refractivity contribution in [3.05, 3.63) is 33.9 Å². The third-order valence-electron chi connectivity index (χ3n) is 4.56. The number of hydrogen-bond acceptors (Lipinski definition) is 3. The Morgan fingerprint density at radius 2 is 2.05 bits per heavy atom. The van der Waals surface area contributed by atoms with Gasteiger partial charge in [-0.25, -0.2) is 0 Å². The maximum Gasteiger partial charge on any atom is 0.292 e. The molecule has 0 N–H and O–H groups in total. The first kappa shape index (κ1) is 15.1. The van der Waals surface area contributed by atoms with E-state index in [0.717, 1.165) is 43.6 Å². The van der Waals surface area contributed by atoms with Crippen molar-refractivity contribution in [1.29, 1.82) is 0 Å². The van der Waals surface area contributed by atoms with Gasteiger partial charge in [0.1, 0.15) is 5.69 Å². The van der Waals surface area contributed by atoms with Gasteiger partial charge in [-0.2, -0.15) is 0 Å². The topological polar surface area (TPSA) is 46.4 Å². The fraction of sp³-hybridized carbons (Fsp3) is 0.600. The Kier molecular flexibility index (Phi) is 4.53. The molecular formula is C15H21ClN2O2. The highest BCUT2D eigenvalue weighted by atomic mass is 35.5. The number of piperidine rings is 1. The van der Waals surface area contributed by atoms with E-state index < -0.39 is 0 Å². The van der Waals surface area contributed by atoms with Gasteiger partial charge in [-0.05, 0) is 29.9 Å². The predicted octanol–water partition coefficient (Wildman–Crippen LogP) is 4.35. The summed E-state index contributed by atoms with van der Waals surface area (Å²) in [5.41, 5.74) is 2.06. The maximum atomic E-state index is 11.3. The number of nitro benzene ring substituents is 1. The summed E-state index contributed by atoms with van der Waals surface area (Å²) in [6.45, 7) is 6.28. The van der Waals surface area contributed by atoms with Gasteiger partial charge < -0.3 is 4.90 Å². The molecule has 5 heteroatoms. The van der Waals surface area contributed by atoms with Gasteiger partial charge in [-0.1, -0.05) is 26.3 Å². The second-order valence-electron chi connectivity index (χ2n) is 5.87. The van der Waals surface area contributed by atoms with Crippen LogP contribution >= 0.6 is 11.6 Å². The summed E-state index contributed by atoms with van der Waals surface area (Å²) < 4.78 is 0. The molecule has 0 aromatic heterocycles. The first-order valence-corrected chi connectivity index (χ1v) is 7.61. The Labute approximate surface area is 124 Å². The molecule has 0 aliphatic carbocycles. The lowest BCUT2D eigenvalue weighted by atomic mass is 9.78. The molecule has 0 radical (unpaired) electrons. The summed E-state index contributed by atoms with van der Waals surface area (Å²) in [5.74, 6) is 0.301. The van der Waals surface area contributed by atoms with Crippen molar-refractivity contribution >= 4 is 23.0 Å². The van der Waals surface area contributed by atoms with E-state index in [0.29, 0.717) is 11.3 Å². The number of rotatable bonds is 4. The molecule has 0 spiro atoms. The fourth-order valence-corrected chi connectivity index (χ4v) is 2.87. The van der Waals surface area contributed by atoms with E-state index in [4.69, 9.17) is 11.6 Å². The van der Waals surface area contributed by atoms with Crippen molar-refractivity contribution in [3.8, 4) is 0 Å². The molecule has 1 aromatic carbocycles. The molecule has 0 atom stereocenters. The molecule has 20 heavy (non-hydrogen) atoms. The smallest absolute Gasteiger partial charge is 0.292 e.